The minimum Gasteiger partial charge on any atom is -0.345 e. The van der Waals surface area contributed by atoms with Crippen LogP contribution in [0.1, 0.15) is 29.7 Å². The summed E-state index contributed by atoms with van der Waals surface area (Å²) < 4.78 is 40.4. The number of pyridine rings is 1. The smallest absolute Gasteiger partial charge is 0.345 e. The molecule has 14 heteroatoms. The zero-order valence-corrected chi connectivity index (χ0v) is 26.9. The maximum absolute atomic E-state index is 13.5. The molecular weight excluding hydrogens is 655 g/mol. The van der Waals surface area contributed by atoms with Crippen LogP contribution >= 0.6 is 0 Å². The fourth-order valence-corrected chi connectivity index (χ4v) is 5.84. The van der Waals surface area contributed by atoms with Crippen molar-refractivity contribution >= 4 is 45.5 Å². The van der Waals surface area contributed by atoms with Crippen molar-refractivity contribution < 1.29 is 13.2 Å². The molecule has 1 atom stereocenters. The van der Waals surface area contributed by atoms with E-state index in [1.807, 2.05) is 60.7 Å². The van der Waals surface area contributed by atoms with E-state index >= 15 is 0 Å². The van der Waals surface area contributed by atoms with Crippen LogP contribution < -0.4 is 10.6 Å². The Hall–Kier alpha value is -6.70. The number of benzene rings is 3. The Balaban J connectivity index is 1.06. The van der Waals surface area contributed by atoms with E-state index in [4.69, 9.17) is 15.0 Å². The number of rotatable bonds is 9. The third-order valence-corrected chi connectivity index (χ3v) is 8.39. The molecule has 8 rings (SSSR count). The number of imidazole rings is 2. The van der Waals surface area contributed by atoms with Crippen molar-refractivity contribution in [1.29, 1.82) is 0 Å². The second-order valence-electron chi connectivity index (χ2n) is 12.0. The van der Waals surface area contributed by atoms with Crippen LogP contribution in [0.15, 0.2) is 110 Å². The molecule has 0 spiro atoms. The Labute approximate surface area is 288 Å². The highest BCUT2D eigenvalue weighted by molar-refractivity contribution is 5.81. The molecule has 4 N–H and O–H groups in total. The molecule has 0 aliphatic rings. The molecule has 8 aromatic rings. The SMILES string of the molecule is CC(Cc1cc(-c2ccc3nc[nH]c3c2)nc(Nc2cccc(C(F)(F)F)c2)n1)c1cccc(Nc2nccc(-c3cnc4nc[nH]c4c3)n2)c1. The average Bonchev–Trinajstić information content (AvgIpc) is 3.81. The molecule has 0 fully saturated rings. The normalized spacial score (nSPS) is 12.3. The number of hydrogen-bond donors (Lipinski definition) is 4. The van der Waals surface area contributed by atoms with E-state index in [9.17, 15) is 13.2 Å². The maximum Gasteiger partial charge on any atom is 0.416 e. The average molecular weight is 684 g/mol. The summed E-state index contributed by atoms with van der Waals surface area (Å²) in [6.45, 7) is 2.09. The van der Waals surface area contributed by atoms with Crippen molar-refractivity contribution in [3.63, 3.8) is 0 Å². The summed E-state index contributed by atoms with van der Waals surface area (Å²) in [5, 5.41) is 6.31. The number of halogens is 3. The first-order valence-corrected chi connectivity index (χ1v) is 16.0. The van der Waals surface area contributed by atoms with Crippen molar-refractivity contribution in [2.45, 2.75) is 25.4 Å². The van der Waals surface area contributed by atoms with Gasteiger partial charge in [-0.05, 0) is 78.6 Å². The van der Waals surface area contributed by atoms with Gasteiger partial charge in [0.15, 0.2) is 5.65 Å². The van der Waals surface area contributed by atoms with Gasteiger partial charge < -0.3 is 20.6 Å². The van der Waals surface area contributed by atoms with Crippen LogP contribution in [0, 0.1) is 0 Å². The van der Waals surface area contributed by atoms with Gasteiger partial charge in [-0.2, -0.15) is 13.2 Å². The molecule has 5 heterocycles. The summed E-state index contributed by atoms with van der Waals surface area (Å²) in [4.78, 5) is 37.6. The van der Waals surface area contributed by atoms with Crippen LogP contribution in [0.4, 0.5) is 36.4 Å². The van der Waals surface area contributed by atoms with Crippen LogP contribution in [-0.2, 0) is 12.6 Å². The second kappa shape index (κ2) is 13.0. The molecule has 5 aromatic heterocycles. The summed E-state index contributed by atoms with van der Waals surface area (Å²) in [5.41, 5.74) is 8.08. The van der Waals surface area contributed by atoms with Gasteiger partial charge in [0.2, 0.25) is 11.9 Å². The van der Waals surface area contributed by atoms with E-state index in [1.165, 1.54) is 6.07 Å². The highest BCUT2D eigenvalue weighted by Crippen LogP contribution is 2.32. The Bertz CT molecular complexity index is 2510. The number of nitrogens with zero attached hydrogens (tertiary/aromatic N) is 7. The highest BCUT2D eigenvalue weighted by atomic mass is 19.4. The molecule has 1 unspecified atom stereocenters. The largest absolute Gasteiger partial charge is 0.416 e. The molecule has 51 heavy (non-hydrogen) atoms. The lowest BCUT2D eigenvalue weighted by molar-refractivity contribution is -0.137. The fraction of sp³-hybridized carbons (Fsp3) is 0.108. The number of hydrogen-bond acceptors (Lipinski definition) is 9. The van der Waals surface area contributed by atoms with Crippen LogP contribution in [0.5, 0.6) is 0 Å². The first-order chi connectivity index (χ1) is 24.7. The predicted octanol–water partition coefficient (Wildman–Crippen LogP) is 8.60. The third kappa shape index (κ3) is 6.92. The summed E-state index contributed by atoms with van der Waals surface area (Å²) in [7, 11) is 0. The van der Waals surface area contributed by atoms with Gasteiger partial charge in [0.1, 0.15) is 0 Å². The molecule has 0 bridgehead atoms. The van der Waals surface area contributed by atoms with E-state index in [-0.39, 0.29) is 17.6 Å². The number of anilines is 4. The zero-order chi connectivity index (χ0) is 35.0. The van der Waals surface area contributed by atoms with E-state index in [0.29, 0.717) is 35.1 Å². The number of aromatic amines is 2. The van der Waals surface area contributed by atoms with E-state index in [1.54, 1.807) is 31.1 Å². The van der Waals surface area contributed by atoms with Crippen LogP contribution in [0.25, 0.3) is 44.7 Å². The van der Waals surface area contributed by atoms with Crippen molar-refractivity contribution in [2.75, 3.05) is 10.6 Å². The first kappa shape index (κ1) is 31.6. The lowest BCUT2D eigenvalue weighted by Crippen LogP contribution is -2.08. The second-order valence-corrected chi connectivity index (χ2v) is 12.0. The molecule has 11 nitrogen and oxygen atoms in total. The lowest BCUT2D eigenvalue weighted by atomic mass is 9.95. The third-order valence-electron chi connectivity index (χ3n) is 8.39. The summed E-state index contributed by atoms with van der Waals surface area (Å²) in [6, 6.07) is 24.3. The quantitative estimate of drug-likeness (QED) is 0.117. The van der Waals surface area contributed by atoms with Crippen LogP contribution in [0.3, 0.4) is 0 Å². The molecule has 3 aromatic carbocycles. The summed E-state index contributed by atoms with van der Waals surface area (Å²) in [5.74, 6) is 0.625. The fourth-order valence-electron chi connectivity index (χ4n) is 5.84. The monoisotopic (exact) mass is 683 g/mol. The van der Waals surface area contributed by atoms with Gasteiger partial charge in [0.05, 0.1) is 46.2 Å². The molecule has 0 saturated carbocycles. The molecule has 0 amide bonds. The minimum atomic E-state index is -4.48. The van der Waals surface area contributed by atoms with Gasteiger partial charge in [-0.3, -0.25) is 0 Å². The van der Waals surface area contributed by atoms with E-state index in [2.05, 4.69) is 47.5 Å². The zero-order valence-electron chi connectivity index (χ0n) is 26.9. The Morgan fingerprint density at radius 3 is 2.33 bits per heavy atom. The van der Waals surface area contributed by atoms with Crippen molar-refractivity contribution in [1.82, 2.24) is 44.9 Å². The molecule has 0 saturated heterocycles. The van der Waals surface area contributed by atoms with Gasteiger partial charge in [-0.15, -0.1) is 0 Å². The minimum absolute atomic E-state index is 0.00505. The molecule has 0 aliphatic carbocycles. The number of H-pyrrole nitrogens is 2. The molecule has 252 valence electrons. The predicted molar refractivity (Wildman–Crippen MR) is 189 cm³/mol. The molecule has 0 aliphatic heterocycles. The van der Waals surface area contributed by atoms with Gasteiger partial charge >= 0.3 is 6.18 Å². The van der Waals surface area contributed by atoms with E-state index < -0.39 is 11.7 Å². The van der Waals surface area contributed by atoms with Crippen LogP contribution in [0.2, 0.25) is 0 Å². The number of alkyl halides is 3. The highest BCUT2D eigenvalue weighted by Gasteiger charge is 2.30. The Morgan fingerprint density at radius 1 is 0.686 bits per heavy atom. The lowest BCUT2D eigenvalue weighted by Gasteiger charge is -2.16. The van der Waals surface area contributed by atoms with Gasteiger partial charge in [-0.25, -0.2) is 34.9 Å². The number of nitrogens with one attached hydrogen (secondary N) is 4. The maximum atomic E-state index is 13.5. The van der Waals surface area contributed by atoms with E-state index in [0.717, 1.165) is 51.1 Å². The van der Waals surface area contributed by atoms with Crippen molar-refractivity contribution in [3.8, 4) is 22.5 Å². The van der Waals surface area contributed by atoms with Crippen LogP contribution in [-0.4, -0.2) is 44.9 Å². The summed E-state index contributed by atoms with van der Waals surface area (Å²) >= 11 is 0. The Morgan fingerprint density at radius 2 is 1.45 bits per heavy atom. The van der Waals surface area contributed by atoms with Crippen molar-refractivity contribution in [3.05, 3.63) is 127 Å². The van der Waals surface area contributed by atoms with Crippen molar-refractivity contribution in [2.24, 2.45) is 0 Å². The Kier molecular flexibility index (Phi) is 8.02. The van der Waals surface area contributed by atoms with Gasteiger partial charge in [0, 0.05) is 40.6 Å². The number of fused-ring (bicyclic) bond motifs is 2. The molecule has 0 radical (unpaired) electrons. The molecular formula is C37H28F3N11. The number of aromatic nitrogens is 9. The van der Waals surface area contributed by atoms with Gasteiger partial charge in [-0.1, -0.05) is 31.2 Å². The standard InChI is InChI=1S/C37H28F3N11/c1-21(22-4-2-6-26(13-22)47-35-41-11-10-29(50-35)24-15-33-34(42-18-24)46-20-45-33)12-28-17-31(23-8-9-30-32(14-23)44-19-43-30)51-36(49-28)48-27-7-3-5-25(16-27)37(38,39)40/h2-11,13-21H,12H2,1H3,(H,43,44)(H,41,47,50)(H,42,45,46)(H,48,49,51). The van der Waals surface area contributed by atoms with Gasteiger partial charge in [0.25, 0.3) is 0 Å². The summed E-state index contributed by atoms with van der Waals surface area (Å²) in [6.07, 6.45) is 2.68. The first-order valence-electron chi connectivity index (χ1n) is 16.0. The topological polar surface area (TPSA) is 146 Å².